The molecule has 0 aromatic carbocycles. The van der Waals surface area contributed by atoms with Crippen molar-refractivity contribution in [2.75, 3.05) is 13.1 Å². The molecular weight excluding hydrogens is 380 g/mol. The van der Waals surface area contributed by atoms with Gasteiger partial charge in [0, 0.05) is 37.0 Å². The van der Waals surface area contributed by atoms with Gasteiger partial charge in [-0.1, -0.05) is 6.92 Å². The Morgan fingerprint density at radius 1 is 1.54 bits per heavy atom. The second-order valence-electron chi connectivity index (χ2n) is 6.39. The van der Waals surface area contributed by atoms with Gasteiger partial charge in [0.1, 0.15) is 0 Å². The van der Waals surface area contributed by atoms with E-state index < -0.39 is 34.0 Å². The van der Waals surface area contributed by atoms with Crippen LogP contribution in [0.3, 0.4) is 0 Å². The van der Waals surface area contributed by atoms with Gasteiger partial charge in [-0.3, -0.25) is 9.59 Å². The highest BCUT2D eigenvalue weighted by Crippen LogP contribution is 2.22. The van der Waals surface area contributed by atoms with Crippen LogP contribution in [0.25, 0.3) is 0 Å². The number of hydrogen-bond acceptors (Lipinski definition) is 7. The predicted molar refractivity (Wildman–Crippen MR) is 95.6 cm³/mol. The molecule has 146 valence electrons. The first-order valence-corrected chi connectivity index (χ1v) is 10.7. The Morgan fingerprint density at radius 2 is 2.27 bits per heavy atom. The Labute approximate surface area is 156 Å². The van der Waals surface area contributed by atoms with Crippen molar-refractivity contribution in [3.63, 3.8) is 0 Å². The molecule has 2 rings (SSSR count). The fourth-order valence-electron chi connectivity index (χ4n) is 2.71. The zero-order valence-corrected chi connectivity index (χ0v) is 16.1. The Bertz CT molecular complexity index is 722. The number of nitrogens with two attached hydrogens (primary N) is 1. The highest BCUT2D eigenvalue weighted by molar-refractivity contribution is 7.91. The molecule has 1 saturated heterocycles. The van der Waals surface area contributed by atoms with E-state index in [1.165, 1.54) is 10.5 Å². The van der Waals surface area contributed by atoms with Crippen LogP contribution in [0.15, 0.2) is 15.9 Å². The highest BCUT2D eigenvalue weighted by atomic mass is 32.2. The van der Waals surface area contributed by atoms with Crippen molar-refractivity contribution in [3.8, 4) is 0 Å². The van der Waals surface area contributed by atoms with Crippen LogP contribution in [-0.4, -0.2) is 59.9 Å². The summed E-state index contributed by atoms with van der Waals surface area (Å²) in [5, 5.41) is 14.7. The topological polar surface area (TPSA) is 143 Å². The van der Waals surface area contributed by atoms with Gasteiger partial charge in [0.05, 0.1) is 12.1 Å². The maximum absolute atomic E-state index is 12.5. The molecular formula is C15H24N4O5S2. The Hall–Kier alpha value is -1.56. The molecule has 2 unspecified atom stereocenters. The van der Waals surface area contributed by atoms with Crippen LogP contribution in [0.4, 0.5) is 0 Å². The number of hydrogen-bond donors (Lipinski definition) is 3. The summed E-state index contributed by atoms with van der Waals surface area (Å²) in [6.07, 6.45) is 1.81. The van der Waals surface area contributed by atoms with Gasteiger partial charge in [0.2, 0.25) is 16.2 Å². The molecule has 4 N–H and O–H groups in total. The van der Waals surface area contributed by atoms with Gasteiger partial charge >= 0.3 is 0 Å². The van der Waals surface area contributed by atoms with Crippen molar-refractivity contribution in [2.24, 2.45) is 11.7 Å². The van der Waals surface area contributed by atoms with Gasteiger partial charge in [0.15, 0.2) is 0 Å². The van der Waals surface area contributed by atoms with Crippen LogP contribution >= 0.6 is 11.3 Å². The lowest BCUT2D eigenvalue weighted by Crippen LogP contribution is -2.47. The quantitative estimate of drug-likeness (QED) is 0.568. The third kappa shape index (κ3) is 5.22. The first-order valence-electron chi connectivity index (χ1n) is 8.38. The predicted octanol–water partition coefficient (Wildman–Crippen LogP) is -0.325. The van der Waals surface area contributed by atoms with Crippen LogP contribution in [-0.2, 0) is 19.6 Å². The fraction of sp³-hybridized carbons (Fsp3) is 0.667. The minimum absolute atomic E-state index is 0.00683. The molecule has 1 aromatic rings. The smallest absolute Gasteiger partial charge is 0.270 e. The Morgan fingerprint density at radius 3 is 2.88 bits per heavy atom. The number of nitrogens with one attached hydrogen (secondary N) is 1. The highest BCUT2D eigenvalue weighted by Gasteiger charge is 2.34. The first-order chi connectivity index (χ1) is 12.2. The first kappa shape index (κ1) is 20.7. The molecule has 0 saturated carbocycles. The van der Waals surface area contributed by atoms with E-state index in [0.717, 1.165) is 11.3 Å². The van der Waals surface area contributed by atoms with Crippen molar-refractivity contribution in [2.45, 2.75) is 49.1 Å². The number of aliphatic hydroxyl groups is 1. The van der Waals surface area contributed by atoms with Crippen molar-refractivity contribution in [3.05, 3.63) is 11.6 Å². The third-order valence-electron chi connectivity index (χ3n) is 4.38. The average Bonchev–Trinajstić information content (AvgIpc) is 3.06. The third-order valence-corrected chi connectivity index (χ3v) is 7.43. The standard InChI is InChI=1S/C15H24N4O5S2/c1-10(14(16)22)4-5-13(21)18-11-3-2-7-19(9-12(11)20)26(23,24)15-17-6-8-25-15/h6,8,10-12,20H,2-5,7,9H2,1H3,(H2,16,22)(H,18,21)/t10?,11?,12-/m0/s1. The zero-order valence-electron chi connectivity index (χ0n) is 14.5. The number of amides is 2. The number of sulfonamides is 1. The van der Waals surface area contributed by atoms with Crippen molar-refractivity contribution in [1.29, 1.82) is 0 Å². The molecule has 2 amide bonds. The number of carbonyl (C=O) groups excluding carboxylic acids is 2. The lowest BCUT2D eigenvalue weighted by molar-refractivity contribution is -0.124. The number of β-amino-alcohol motifs (C(OH)–C–C–N with tert-alkyl or cyclic N) is 1. The van der Waals surface area contributed by atoms with E-state index >= 15 is 0 Å². The number of thiazole rings is 1. The summed E-state index contributed by atoms with van der Waals surface area (Å²) in [5.41, 5.74) is 5.17. The summed E-state index contributed by atoms with van der Waals surface area (Å²) >= 11 is 1.02. The number of rotatable bonds is 7. The van der Waals surface area contributed by atoms with Crippen molar-refractivity contribution >= 4 is 33.2 Å². The van der Waals surface area contributed by atoms with Gasteiger partial charge in [-0.15, -0.1) is 11.3 Å². The molecule has 1 fully saturated rings. The van der Waals surface area contributed by atoms with E-state index in [2.05, 4.69) is 10.3 Å². The summed E-state index contributed by atoms with van der Waals surface area (Å²) in [7, 11) is -3.74. The van der Waals surface area contributed by atoms with Gasteiger partial charge in [-0.2, -0.15) is 4.31 Å². The summed E-state index contributed by atoms with van der Waals surface area (Å²) < 4.78 is 26.3. The molecule has 0 aliphatic carbocycles. The maximum Gasteiger partial charge on any atom is 0.270 e. The summed E-state index contributed by atoms with van der Waals surface area (Å²) in [6.45, 7) is 1.80. The molecule has 11 heteroatoms. The lowest BCUT2D eigenvalue weighted by atomic mass is 10.0. The molecule has 1 aliphatic rings. The zero-order chi connectivity index (χ0) is 19.3. The van der Waals surface area contributed by atoms with E-state index in [1.807, 2.05) is 0 Å². The minimum Gasteiger partial charge on any atom is -0.390 e. The molecule has 26 heavy (non-hydrogen) atoms. The van der Waals surface area contributed by atoms with Gasteiger partial charge in [-0.25, -0.2) is 13.4 Å². The SMILES string of the molecule is CC(CCC(=O)NC1CCCN(S(=O)(=O)c2nccs2)C[C@@H]1O)C(N)=O. The lowest BCUT2D eigenvalue weighted by Gasteiger charge is -2.24. The van der Waals surface area contributed by atoms with Crippen molar-refractivity contribution in [1.82, 2.24) is 14.6 Å². The van der Waals surface area contributed by atoms with Gasteiger partial charge < -0.3 is 16.2 Å². The number of primary amides is 1. The summed E-state index contributed by atoms with van der Waals surface area (Å²) in [4.78, 5) is 26.9. The normalized spacial score (nSPS) is 23.2. The molecule has 0 radical (unpaired) electrons. The van der Waals surface area contributed by atoms with Crippen LogP contribution in [0.1, 0.15) is 32.6 Å². The molecule has 1 aromatic heterocycles. The average molecular weight is 405 g/mol. The Balaban J connectivity index is 1.94. The molecule has 3 atom stereocenters. The second kappa shape index (κ2) is 8.89. The monoisotopic (exact) mass is 404 g/mol. The number of aromatic nitrogens is 1. The molecule has 1 aliphatic heterocycles. The molecule has 0 bridgehead atoms. The summed E-state index contributed by atoms with van der Waals surface area (Å²) in [5.74, 6) is -1.16. The second-order valence-corrected chi connectivity index (χ2v) is 9.39. The van der Waals surface area contributed by atoms with E-state index in [9.17, 15) is 23.1 Å². The van der Waals surface area contributed by atoms with Gasteiger partial charge in [0.25, 0.3) is 10.0 Å². The van der Waals surface area contributed by atoms with E-state index in [-0.39, 0.29) is 29.8 Å². The summed E-state index contributed by atoms with van der Waals surface area (Å²) in [6, 6.07) is -0.539. The van der Waals surface area contributed by atoms with E-state index in [0.29, 0.717) is 19.3 Å². The van der Waals surface area contributed by atoms with Crippen LogP contribution < -0.4 is 11.1 Å². The Kier molecular flexibility index (Phi) is 7.09. The largest absolute Gasteiger partial charge is 0.390 e. The fourth-order valence-corrected chi connectivity index (χ4v) is 5.17. The van der Waals surface area contributed by atoms with Crippen LogP contribution in [0.5, 0.6) is 0 Å². The molecule has 0 spiro atoms. The van der Waals surface area contributed by atoms with Crippen LogP contribution in [0.2, 0.25) is 0 Å². The molecule has 9 nitrogen and oxygen atoms in total. The maximum atomic E-state index is 12.5. The number of carbonyl (C=O) groups is 2. The number of aliphatic hydroxyl groups excluding tert-OH is 1. The minimum atomic E-state index is -3.74. The molecule has 2 heterocycles. The van der Waals surface area contributed by atoms with E-state index in [1.54, 1.807) is 12.3 Å². The van der Waals surface area contributed by atoms with Gasteiger partial charge in [-0.05, 0) is 19.3 Å². The van der Waals surface area contributed by atoms with Crippen LogP contribution in [0, 0.1) is 5.92 Å². The van der Waals surface area contributed by atoms with Crippen molar-refractivity contribution < 1.29 is 23.1 Å². The number of nitrogens with zero attached hydrogens (tertiary/aromatic N) is 2. The van der Waals surface area contributed by atoms with E-state index in [4.69, 9.17) is 5.73 Å².